The molecule has 0 saturated carbocycles. The average Bonchev–Trinajstić information content (AvgIpc) is 2.21. The number of carbonyl (C=O) groups is 1. The van der Waals surface area contributed by atoms with Crippen LogP contribution in [-0.4, -0.2) is 12.6 Å². The highest BCUT2D eigenvalue weighted by molar-refractivity contribution is 5.66. The van der Waals surface area contributed by atoms with E-state index in [1.54, 1.807) is 0 Å². The summed E-state index contributed by atoms with van der Waals surface area (Å²) in [5, 5.41) is 8.92. The Morgan fingerprint density at radius 2 is 2.07 bits per heavy atom. The fourth-order valence-electron chi connectivity index (χ4n) is 1.21. The molecule has 1 unspecified atom stereocenters. The van der Waals surface area contributed by atoms with Crippen molar-refractivity contribution in [3.63, 3.8) is 0 Å². The Morgan fingerprint density at radius 1 is 1.47 bits per heavy atom. The van der Waals surface area contributed by atoms with E-state index < -0.39 is 0 Å². The van der Waals surface area contributed by atoms with Gasteiger partial charge in [0.1, 0.15) is 12.5 Å². The van der Waals surface area contributed by atoms with Gasteiger partial charge in [-0.15, -0.1) is 0 Å². The minimum absolute atomic E-state index is 0.120. The highest BCUT2D eigenvalue weighted by Crippen LogP contribution is 2.15. The molecule has 0 N–H and O–H groups in total. The molecule has 3 heteroatoms. The second-order valence-electron chi connectivity index (χ2n) is 3.39. The van der Waals surface area contributed by atoms with E-state index in [-0.39, 0.29) is 18.5 Å². The first-order valence-corrected chi connectivity index (χ1v) is 4.73. The fourth-order valence-corrected chi connectivity index (χ4v) is 1.21. The van der Waals surface area contributed by atoms with Crippen LogP contribution in [0.1, 0.15) is 24.0 Å². The van der Waals surface area contributed by atoms with Crippen LogP contribution in [0.25, 0.3) is 0 Å². The maximum atomic E-state index is 10.6. The Hall–Kier alpha value is -1.82. The van der Waals surface area contributed by atoms with Crippen LogP contribution < -0.4 is 0 Å². The van der Waals surface area contributed by atoms with Crippen LogP contribution in [0.4, 0.5) is 0 Å². The van der Waals surface area contributed by atoms with E-state index in [4.69, 9.17) is 10.00 Å². The molecular formula is C12H13NO2. The van der Waals surface area contributed by atoms with E-state index in [1.165, 1.54) is 6.92 Å². The van der Waals surface area contributed by atoms with Crippen molar-refractivity contribution in [2.45, 2.75) is 19.8 Å². The van der Waals surface area contributed by atoms with Crippen molar-refractivity contribution in [3.05, 3.63) is 35.4 Å². The first-order chi connectivity index (χ1) is 7.13. The van der Waals surface area contributed by atoms with Crippen molar-refractivity contribution in [2.75, 3.05) is 6.61 Å². The molecule has 0 saturated heterocycles. The highest BCUT2D eigenvalue weighted by Gasteiger charge is 2.11. The monoisotopic (exact) mass is 203 g/mol. The first kappa shape index (κ1) is 11.3. The summed E-state index contributed by atoms with van der Waals surface area (Å²) in [5.41, 5.74) is 2.02. The number of nitrogens with zero attached hydrogens (tertiary/aromatic N) is 1. The van der Waals surface area contributed by atoms with Gasteiger partial charge in [0.25, 0.3) is 0 Å². The molecule has 0 aromatic heterocycles. The lowest BCUT2D eigenvalue weighted by Gasteiger charge is -2.09. The molecule has 0 radical (unpaired) electrons. The molecule has 3 nitrogen and oxygen atoms in total. The molecule has 0 aliphatic carbocycles. The van der Waals surface area contributed by atoms with Gasteiger partial charge in [0.2, 0.25) is 0 Å². The van der Waals surface area contributed by atoms with Crippen LogP contribution in [0.2, 0.25) is 0 Å². The van der Waals surface area contributed by atoms with Crippen molar-refractivity contribution in [1.82, 2.24) is 0 Å². The summed E-state index contributed by atoms with van der Waals surface area (Å²) < 4.78 is 4.82. The molecule has 1 aromatic carbocycles. The topological polar surface area (TPSA) is 50.1 Å². The molecule has 78 valence electrons. The number of rotatable bonds is 3. The first-order valence-electron chi connectivity index (χ1n) is 4.73. The van der Waals surface area contributed by atoms with Crippen LogP contribution in [0.3, 0.4) is 0 Å². The zero-order valence-corrected chi connectivity index (χ0v) is 8.86. The zero-order chi connectivity index (χ0) is 11.3. The van der Waals surface area contributed by atoms with Gasteiger partial charge >= 0.3 is 5.97 Å². The summed E-state index contributed by atoms with van der Waals surface area (Å²) in [7, 11) is 0. The number of esters is 1. The highest BCUT2D eigenvalue weighted by atomic mass is 16.5. The molecule has 0 heterocycles. The predicted molar refractivity (Wildman–Crippen MR) is 56.2 cm³/mol. The van der Waals surface area contributed by atoms with Gasteiger partial charge in [-0.05, 0) is 12.5 Å². The maximum absolute atomic E-state index is 10.6. The normalized spacial score (nSPS) is 11.5. The number of benzene rings is 1. The SMILES string of the molecule is CC(=O)OCC(C#N)c1ccc(C)cc1. The molecule has 1 aromatic rings. The lowest BCUT2D eigenvalue weighted by Crippen LogP contribution is -2.09. The van der Waals surface area contributed by atoms with Crippen LogP contribution in [-0.2, 0) is 9.53 Å². The Balaban J connectivity index is 2.71. The third-order valence-electron chi connectivity index (χ3n) is 2.09. The molecule has 1 atom stereocenters. The number of ether oxygens (including phenoxy) is 1. The van der Waals surface area contributed by atoms with Crippen molar-refractivity contribution in [2.24, 2.45) is 0 Å². The number of hydrogen-bond acceptors (Lipinski definition) is 3. The third kappa shape index (κ3) is 3.43. The summed E-state index contributed by atoms with van der Waals surface area (Å²) in [6, 6.07) is 9.76. The minimum atomic E-state index is -0.380. The molecule has 0 amide bonds. The van der Waals surface area contributed by atoms with Crippen LogP contribution in [0.5, 0.6) is 0 Å². The number of hydrogen-bond donors (Lipinski definition) is 0. The van der Waals surface area contributed by atoms with Crippen LogP contribution in [0.15, 0.2) is 24.3 Å². The molecule has 0 aliphatic rings. The molecule has 1 rings (SSSR count). The molecular weight excluding hydrogens is 190 g/mol. The molecule has 0 spiro atoms. The van der Waals surface area contributed by atoms with Crippen molar-refractivity contribution < 1.29 is 9.53 Å². The zero-order valence-electron chi connectivity index (χ0n) is 8.86. The summed E-state index contributed by atoms with van der Waals surface area (Å²) >= 11 is 0. The second-order valence-corrected chi connectivity index (χ2v) is 3.39. The van der Waals surface area contributed by atoms with Crippen molar-refractivity contribution >= 4 is 5.97 Å². The summed E-state index contributed by atoms with van der Waals surface area (Å²) in [6.45, 7) is 3.44. The van der Waals surface area contributed by atoms with E-state index in [2.05, 4.69) is 6.07 Å². The number of nitriles is 1. The standard InChI is InChI=1S/C12H13NO2/c1-9-3-5-11(6-4-9)12(7-13)8-15-10(2)14/h3-6,12H,8H2,1-2H3. The molecule has 0 aliphatic heterocycles. The summed E-state index contributed by atoms with van der Waals surface area (Å²) in [5.74, 6) is -0.739. The van der Waals surface area contributed by atoms with Crippen LogP contribution >= 0.6 is 0 Å². The molecule has 0 bridgehead atoms. The van der Waals surface area contributed by atoms with Gasteiger partial charge in [-0.2, -0.15) is 5.26 Å². The number of aryl methyl sites for hydroxylation is 1. The Kier molecular flexibility index (Phi) is 3.87. The van der Waals surface area contributed by atoms with Gasteiger partial charge in [0.15, 0.2) is 0 Å². The minimum Gasteiger partial charge on any atom is -0.464 e. The predicted octanol–water partition coefficient (Wildman–Crippen LogP) is 2.17. The van der Waals surface area contributed by atoms with Gasteiger partial charge < -0.3 is 4.74 Å². The quantitative estimate of drug-likeness (QED) is 0.707. The molecule has 0 fully saturated rings. The second kappa shape index (κ2) is 5.16. The van der Waals surface area contributed by atoms with Gasteiger partial charge in [0.05, 0.1) is 6.07 Å². The third-order valence-corrected chi connectivity index (χ3v) is 2.09. The Bertz CT molecular complexity index is 376. The lowest BCUT2D eigenvalue weighted by atomic mass is 10.0. The molecule has 15 heavy (non-hydrogen) atoms. The summed E-state index contributed by atoms with van der Waals surface area (Å²) in [6.07, 6.45) is 0. The maximum Gasteiger partial charge on any atom is 0.302 e. The van der Waals surface area contributed by atoms with Crippen molar-refractivity contribution in [3.8, 4) is 6.07 Å². The van der Waals surface area contributed by atoms with Crippen LogP contribution in [0, 0.1) is 18.3 Å². The largest absolute Gasteiger partial charge is 0.464 e. The van der Waals surface area contributed by atoms with Crippen molar-refractivity contribution in [1.29, 1.82) is 5.26 Å². The van der Waals surface area contributed by atoms with E-state index >= 15 is 0 Å². The van der Waals surface area contributed by atoms with E-state index in [1.807, 2.05) is 31.2 Å². The average molecular weight is 203 g/mol. The summed E-state index contributed by atoms with van der Waals surface area (Å²) in [4.78, 5) is 10.6. The van der Waals surface area contributed by atoms with Gasteiger partial charge in [-0.3, -0.25) is 4.79 Å². The Labute approximate surface area is 89.3 Å². The van der Waals surface area contributed by atoms with E-state index in [9.17, 15) is 4.79 Å². The number of carbonyl (C=O) groups excluding carboxylic acids is 1. The van der Waals surface area contributed by atoms with Gasteiger partial charge in [-0.25, -0.2) is 0 Å². The fraction of sp³-hybridized carbons (Fsp3) is 0.333. The van der Waals surface area contributed by atoms with Gasteiger partial charge in [0, 0.05) is 6.92 Å². The lowest BCUT2D eigenvalue weighted by molar-refractivity contribution is -0.141. The van der Waals surface area contributed by atoms with Gasteiger partial charge in [-0.1, -0.05) is 29.8 Å². The smallest absolute Gasteiger partial charge is 0.302 e. The van der Waals surface area contributed by atoms with E-state index in [0.29, 0.717) is 0 Å². The Morgan fingerprint density at radius 3 is 2.53 bits per heavy atom. The van der Waals surface area contributed by atoms with E-state index in [0.717, 1.165) is 11.1 Å².